The Morgan fingerprint density at radius 1 is 1.21 bits per heavy atom. The lowest BCUT2D eigenvalue weighted by Crippen LogP contribution is -2.11. The molecule has 1 aromatic carbocycles. The Labute approximate surface area is 169 Å². The number of halogens is 1. The molecular weight excluding hydrogens is 372 g/mol. The van der Waals surface area contributed by atoms with E-state index in [2.05, 4.69) is 27.0 Å². The molecule has 28 heavy (non-hydrogen) atoms. The van der Waals surface area contributed by atoms with E-state index in [9.17, 15) is 0 Å². The molecule has 1 aliphatic rings. The maximum absolute atomic E-state index is 5.81. The molecule has 2 heterocycles. The maximum Gasteiger partial charge on any atom is 0.143 e. The Hall–Kier alpha value is -3.10. The maximum atomic E-state index is 5.81. The summed E-state index contributed by atoms with van der Waals surface area (Å²) < 4.78 is 1.95. The summed E-state index contributed by atoms with van der Waals surface area (Å²) >= 11 is 5.81. The summed E-state index contributed by atoms with van der Waals surface area (Å²) in [4.78, 5) is 13.7. The topological polar surface area (TPSA) is 52.3 Å². The van der Waals surface area contributed by atoms with Gasteiger partial charge in [-0.1, -0.05) is 46.8 Å². The van der Waals surface area contributed by atoms with E-state index < -0.39 is 0 Å². The molecule has 140 valence electrons. The Morgan fingerprint density at radius 2 is 2.07 bits per heavy atom. The lowest BCUT2D eigenvalue weighted by Gasteiger charge is -2.08. The van der Waals surface area contributed by atoms with Gasteiger partial charge in [-0.2, -0.15) is 0 Å². The van der Waals surface area contributed by atoms with Crippen LogP contribution in [0.3, 0.4) is 0 Å². The molecule has 0 unspecified atom stereocenters. The zero-order valence-corrected chi connectivity index (χ0v) is 16.0. The molecule has 3 aromatic rings. The van der Waals surface area contributed by atoms with Crippen molar-refractivity contribution in [1.82, 2.24) is 14.5 Å². The molecule has 0 aliphatic heterocycles. The van der Waals surface area contributed by atoms with E-state index in [4.69, 9.17) is 16.4 Å². The standard InChI is InChI=1S/C22H19ClN4O/c23-22-10-7-19(13-25-22)15-28-26-21(14-27-12-11-24-16-27)20-8-5-18(6-9-20)4-3-17-1-2-17/h5-13,16-17H,1-2,14-15H2/b26-21+. The van der Waals surface area contributed by atoms with Gasteiger partial charge in [0.15, 0.2) is 0 Å². The number of imidazole rings is 1. The van der Waals surface area contributed by atoms with Crippen molar-refractivity contribution in [3.8, 4) is 11.8 Å². The van der Waals surface area contributed by atoms with Crippen molar-refractivity contribution in [1.29, 1.82) is 0 Å². The van der Waals surface area contributed by atoms with E-state index in [1.165, 1.54) is 12.8 Å². The SMILES string of the molecule is Clc1ccc(CO/N=C(\Cn2ccnc2)c2ccc(C#CC3CC3)cc2)cn1. The van der Waals surface area contributed by atoms with Crippen molar-refractivity contribution in [3.63, 3.8) is 0 Å². The predicted octanol–water partition coefficient (Wildman–Crippen LogP) is 4.31. The van der Waals surface area contributed by atoms with Crippen LogP contribution in [-0.2, 0) is 18.0 Å². The first-order chi connectivity index (χ1) is 13.8. The van der Waals surface area contributed by atoms with Gasteiger partial charge in [-0.3, -0.25) is 0 Å². The van der Waals surface area contributed by atoms with Crippen molar-refractivity contribution in [2.75, 3.05) is 0 Å². The Balaban J connectivity index is 1.49. The van der Waals surface area contributed by atoms with Gasteiger partial charge in [0.25, 0.3) is 0 Å². The molecule has 2 aromatic heterocycles. The molecule has 1 saturated carbocycles. The van der Waals surface area contributed by atoms with Crippen LogP contribution in [0.5, 0.6) is 0 Å². The van der Waals surface area contributed by atoms with E-state index in [0.29, 0.717) is 24.2 Å². The second kappa shape index (κ2) is 8.73. The molecule has 1 fully saturated rings. The molecule has 6 heteroatoms. The zero-order chi connectivity index (χ0) is 19.2. The fraction of sp³-hybridized carbons (Fsp3) is 0.227. The first-order valence-electron chi connectivity index (χ1n) is 9.13. The Kier molecular flexibility index (Phi) is 5.69. The lowest BCUT2D eigenvalue weighted by atomic mass is 10.1. The minimum absolute atomic E-state index is 0.322. The predicted molar refractivity (Wildman–Crippen MR) is 109 cm³/mol. The Bertz CT molecular complexity index is 995. The molecule has 0 radical (unpaired) electrons. The molecule has 0 bridgehead atoms. The molecule has 5 nitrogen and oxygen atoms in total. The first-order valence-corrected chi connectivity index (χ1v) is 9.51. The number of hydrogen-bond acceptors (Lipinski definition) is 4. The normalized spacial score (nSPS) is 13.7. The van der Waals surface area contributed by atoms with E-state index >= 15 is 0 Å². The second-order valence-electron chi connectivity index (χ2n) is 6.66. The lowest BCUT2D eigenvalue weighted by molar-refractivity contribution is 0.129. The fourth-order valence-electron chi connectivity index (χ4n) is 2.56. The number of benzene rings is 1. The summed E-state index contributed by atoms with van der Waals surface area (Å²) in [6.45, 7) is 0.883. The monoisotopic (exact) mass is 390 g/mol. The van der Waals surface area contributed by atoms with Crippen molar-refractivity contribution < 1.29 is 4.84 Å². The highest BCUT2D eigenvalue weighted by molar-refractivity contribution is 6.29. The van der Waals surface area contributed by atoms with Gasteiger partial charge in [-0.25, -0.2) is 9.97 Å². The fourth-order valence-corrected chi connectivity index (χ4v) is 2.67. The highest BCUT2D eigenvalue weighted by atomic mass is 35.5. The van der Waals surface area contributed by atoms with Crippen LogP contribution < -0.4 is 0 Å². The summed E-state index contributed by atoms with van der Waals surface area (Å²) in [7, 11) is 0. The van der Waals surface area contributed by atoms with Crippen LogP contribution >= 0.6 is 11.6 Å². The van der Waals surface area contributed by atoms with Crippen LogP contribution in [0.25, 0.3) is 0 Å². The van der Waals surface area contributed by atoms with Crippen molar-refractivity contribution in [2.45, 2.75) is 26.0 Å². The third-order valence-electron chi connectivity index (χ3n) is 4.30. The summed E-state index contributed by atoms with van der Waals surface area (Å²) in [5.41, 5.74) is 3.72. The summed E-state index contributed by atoms with van der Waals surface area (Å²) in [5.74, 6) is 7.11. The molecule has 1 aliphatic carbocycles. The molecule has 4 rings (SSSR count). The van der Waals surface area contributed by atoms with E-state index in [0.717, 1.165) is 22.4 Å². The number of rotatable bonds is 6. The van der Waals surface area contributed by atoms with Crippen LogP contribution in [-0.4, -0.2) is 20.2 Å². The van der Waals surface area contributed by atoms with Crippen molar-refractivity contribution in [3.05, 3.63) is 83.2 Å². The molecule has 0 amide bonds. The highest BCUT2D eigenvalue weighted by Gasteiger charge is 2.17. The van der Waals surface area contributed by atoms with Crippen molar-refractivity contribution >= 4 is 17.3 Å². The van der Waals surface area contributed by atoms with Gasteiger partial charge >= 0.3 is 0 Å². The van der Waals surface area contributed by atoms with E-state index in [1.807, 2.05) is 41.1 Å². The van der Waals surface area contributed by atoms with Crippen LogP contribution in [0.1, 0.15) is 29.5 Å². The number of pyridine rings is 1. The van der Waals surface area contributed by atoms with Crippen LogP contribution in [0, 0.1) is 17.8 Å². The highest BCUT2D eigenvalue weighted by Crippen LogP contribution is 2.27. The first kappa shape index (κ1) is 18.3. The van der Waals surface area contributed by atoms with Crippen LogP contribution in [0.2, 0.25) is 5.15 Å². The minimum atomic E-state index is 0.322. The molecule has 0 saturated heterocycles. The Morgan fingerprint density at radius 3 is 2.75 bits per heavy atom. The molecular formula is C22H19ClN4O. The minimum Gasteiger partial charge on any atom is -0.391 e. The quantitative estimate of drug-likeness (QED) is 0.273. The number of aromatic nitrogens is 3. The third kappa shape index (κ3) is 5.21. The molecule has 0 atom stereocenters. The van der Waals surface area contributed by atoms with Gasteiger partial charge in [0, 0.05) is 41.2 Å². The number of oxime groups is 1. The van der Waals surface area contributed by atoms with Crippen LogP contribution in [0.4, 0.5) is 0 Å². The summed E-state index contributed by atoms with van der Waals surface area (Å²) in [6, 6.07) is 11.7. The summed E-state index contributed by atoms with van der Waals surface area (Å²) in [5, 5.41) is 4.83. The smallest absolute Gasteiger partial charge is 0.143 e. The van der Waals surface area contributed by atoms with Gasteiger partial charge in [-0.15, -0.1) is 0 Å². The van der Waals surface area contributed by atoms with Gasteiger partial charge in [-0.05, 0) is 31.0 Å². The number of nitrogens with zero attached hydrogens (tertiary/aromatic N) is 4. The zero-order valence-electron chi connectivity index (χ0n) is 15.3. The molecule has 0 spiro atoms. The van der Waals surface area contributed by atoms with Gasteiger partial charge in [0.05, 0.1) is 12.9 Å². The van der Waals surface area contributed by atoms with Gasteiger partial charge in [0.2, 0.25) is 0 Å². The molecule has 0 N–H and O–H groups in total. The largest absolute Gasteiger partial charge is 0.391 e. The number of hydrogen-bond donors (Lipinski definition) is 0. The van der Waals surface area contributed by atoms with Gasteiger partial charge < -0.3 is 9.40 Å². The average Bonchev–Trinajstić information content (AvgIpc) is 3.41. The van der Waals surface area contributed by atoms with Crippen LogP contribution in [0.15, 0.2) is 66.5 Å². The second-order valence-corrected chi connectivity index (χ2v) is 7.04. The average molecular weight is 391 g/mol. The third-order valence-corrected chi connectivity index (χ3v) is 4.53. The van der Waals surface area contributed by atoms with Gasteiger partial charge in [0.1, 0.15) is 17.5 Å². The van der Waals surface area contributed by atoms with E-state index in [1.54, 1.807) is 24.8 Å². The summed E-state index contributed by atoms with van der Waals surface area (Å²) in [6.07, 6.45) is 9.54. The van der Waals surface area contributed by atoms with Crippen molar-refractivity contribution in [2.24, 2.45) is 11.1 Å². The van der Waals surface area contributed by atoms with E-state index in [-0.39, 0.29) is 0 Å².